The third-order valence-corrected chi connectivity index (χ3v) is 4.81. The summed E-state index contributed by atoms with van der Waals surface area (Å²) in [5, 5.41) is 2.67. The number of benzene rings is 3. The van der Waals surface area contributed by atoms with Crippen molar-refractivity contribution in [3.05, 3.63) is 76.3 Å². The maximum Gasteiger partial charge on any atom is 0.0789 e. The molecule has 1 heterocycles. The van der Waals surface area contributed by atoms with E-state index < -0.39 is 0 Å². The SMILES string of the molecule is Cc1cc(C)cc(C2=Nc3ccc(CC(C)(C)C)c4cccc2c34)c1. The maximum absolute atomic E-state index is 5.00. The summed E-state index contributed by atoms with van der Waals surface area (Å²) in [5.74, 6) is 0. The van der Waals surface area contributed by atoms with E-state index in [1.807, 2.05) is 0 Å². The molecule has 0 amide bonds. The van der Waals surface area contributed by atoms with Crippen LogP contribution in [-0.4, -0.2) is 5.71 Å². The number of hydrogen-bond acceptors (Lipinski definition) is 1. The van der Waals surface area contributed by atoms with Crippen molar-refractivity contribution in [2.24, 2.45) is 10.4 Å². The van der Waals surface area contributed by atoms with Crippen LogP contribution in [0.15, 0.2) is 53.5 Å². The summed E-state index contributed by atoms with van der Waals surface area (Å²) in [6.45, 7) is 11.2. The molecular formula is C24H25N. The van der Waals surface area contributed by atoms with Gasteiger partial charge in [-0.05, 0) is 54.8 Å². The molecular weight excluding hydrogens is 302 g/mol. The molecule has 0 unspecified atom stereocenters. The van der Waals surface area contributed by atoms with Crippen molar-refractivity contribution in [2.45, 2.75) is 41.0 Å². The highest BCUT2D eigenvalue weighted by Crippen LogP contribution is 2.40. The van der Waals surface area contributed by atoms with Crippen molar-refractivity contribution < 1.29 is 0 Å². The van der Waals surface area contributed by atoms with Crippen LogP contribution in [-0.2, 0) is 6.42 Å². The minimum atomic E-state index is 0.274. The summed E-state index contributed by atoms with van der Waals surface area (Å²) < 4.78 is 0. The smallest absolute Gasteiger partial charge is 0.0789 e. The van der Waals surface area contributed by atoms with Crippen LogP contribution >= 0.6 is 0 Å². The molecule has 0 aromatic heterocycles. The molecule has 1 heteroatoms. The molecule has 0 fully saturated rings. The van der Waals surface area contributed by atoms with Crippen LogP contribution in [0.3, 0.4) is 0 Å². The van der Waals surface area contributed by atoms with Crippen LogP contribution in [0.1, 0.15) is 48.6 Å². The molecule has 0 saturated heterocycles. The second kappa shape index (κ2) is 5.56. The Morgan fingerprint density at radius 2 is 1.60 bits per heavy atom. The fourth-order valence-electron chi connectivity index (χ4n) is 3.98. The largest absolute Gasteiger partial charge is 0.247 e. The van der Waals surface area contributed by atoms with Crippen LogP contribution in [0.4, 0.5) is 5.69 Å². The lowest BCUT2D eigenvalue weighted by Gasteiger charge is -2.19. The maximum atomic E-state index is 5.00. The second-order valence-electron chi connectivity index (χ2n) is 8.55. The fourth-order valence-corrected chi connectivity index (χ4v) is 3.98. The molecule has 0 radical (unpaired) electrons. The highest BCUT2D eigenvalue weighted by molar-refractivity contribution is 6.26. The van der Waals surface area contributed by atoms with Gasteiger partial charge >= 0.3 is 0 Å². The van der Waals surface area contributed by atoms with Crippen molar-refractivity contribution in [2.75, 3.05) is 0 Å². The van der Waals surface area contributed by atoms with E-state index in [4.69, 9.17) is 4.99 Å². The molecule has 1 aliphatic rings. The minimum absolute atomic E-state index is 0.274. The minimum Gasteiger partial charge on any atom is -0.247 e. The van der Waals surface area contributed by atoms with Gasteiger partial charge in [0.15, 0.2) is 0 Å². The molecule has 0 bridgehead atoms. The van der Waals surface area contributed by atoms with Crippen molar-refractivity contribution in [3.8, 4) is 0 Å². The van der Waals surface area contributed by atoms with Gasteiger partial charge in [-0.2, -0.15) is 0 Å². The monoisotopic (exact) mass is 327 g/mol. The highest BCUT2D eigenvalue weighted by atomic mass is 14.8. The van der Waals surface area contributed by atoms with Crippen LogP contribution < -0.4 is 0 Å². The third-order valence-electron chi connectivity index (χ3n) is 4.81. The number of aryl methyl sites for hydroxylation is 2. The van der Waals surface area contributed by atoms with Crippen LogP contribution in [0.2, 0.25) is 0 Å². The average molecular weight is 327 g/mol. The molecule has 0 N–H and O–H groups in total. The Kier molecular flexibility index (Phi) is 3.57. The number of aliphatic imine (C=N–C) groups is 1. The first kappa shape index (κ1) is 16.1. The normalized spacial score (nSPS) is 13.4. The van der Waals surface area contributed by atoms with Gasteiger partial charge in [-0.25, -0.2) is 4.99 Å². The number of hydrogen-bond donors (Lipinski definition) is 0. The quantitative estimate of drug-likeness (QED) is 0.397. The molecule has 0 aliphatic carbocycles. The Labute approximate surface area is 150 Å². The predicted octanol–water partition coefficient (Wildman–Crippen LogP) is 6.53. The Morgan fingerprint density at radius 1 is 0.880 bits per heavy atom. The summed E-state index contributed by atoms with van der Waals surface area (Å²) >= 11 is 0. The van der Waals surface area contributed by atoms with Crippen LogP contribution in [0, 0.1) is 19.3 Å². The Balaban J connectivity index is 1.91. The van der Waals surface area contributed by atoms with Crippen molar-refractivity contribution in [1.82, 2.24) is 0 Å². The van der Waals surface area contributed by atoms with Gasteiger partial charge in [0, 0.05) is 16.5 Å². The van der Waals surface area contributed by atoms with Crippen molar-refractivity contribution in [1.29, 1.82) is 0 Å². The lowest BCUT2D eigenvalue weighted by Crippen LogP contribution is -2.09. The number of rotatable bonds is 2. The predicted molar refractivity (Wildman–Crippen MR) is 108 cm³/mol. The number of nitrogens with zero attached hydrogens (tertiary/aromatic N) is 1. The summed E-state index contributed by atoms with van der Waals surface area (Å²) in [7, 11) is 0. The van der Waals surface area contributed by atoms with Gasteiger partial charge < -0.3 is 0 Å². The first-order valence-corrected chi connectivity index (χ1v) is 9.04. The van der Waals surface area contributed by atoms with Gasteiger partial charge in [0.2, 0.25) is 0 Å². The van der Waals surface area contributed by atoms with Crippen molar-refractivity contribution >= 4 is 22.2 Å². The fraction of sp³-hybridized carbons (Fsp3) is 0.292. The molecule has 3 aromatic carbocycles. The zero-order chi connectivity index (χ0) is 17.8. The Hall–Kier alpha value is -2.41. The molecule has 1 nitrogen and oxygen atoms in total. The standard InChI is InChI=1S/C24H25N/c1-15-11-16(2)13-18(12-15)23-20-8-6-7-19-17(14-24(3,4)5)9-10-21(25-23)22(19)20/h6-13H,14H2,1-5H3. The molecule has 1 aliphatic heterocycles. The summed E-state index contributed by atoms with van der Waals surface area (Å²) in [6, 6.07) is 17.8. The van der Waals surface area contributed by atoms with Gasteiger partial charge in [0.05, 0.1) is 11.4 Å². The van der Waals surface area contributed by atoms with Crippen LogP contribution in [0.5, 0.6) is 0 Å². The van der Waals surface area contributed by atoms with E-state index in [2.05, 4.69) is 83.1 Å². The second-order valence-corrected chi connectivity index (χ2v) is 8.55. The van der Waals surface area contributed by atoms with E-state index in [-0.39, 0.29) is 5.41 Å². The zero-order valence-corrected chi connectivity index (χ0v) is 15.8. The van der Waals surface area contributed by atoms with E-state index in [9.17, 15) is 0 Å². The molecule has 3 aromatic rings. The van der Waals surface area contributed by atoms with Crippen molar-refractivity contribution in [3.63, 3.8) is 0 Å². The van der Waals surface area contributed by atoms with E-state index in [1.165, 1.54) is 38.6 Å². The molecule has 126 valence electrons. The van der Waals surface area contributed by atoms with Gasteiger partial charge in [-0.3, -0.25) is 0 Å². The lowest BCUT2D eigenvalue weighted by atomic mass is 9.85. The third kappa shape index (κ3) is 2.89. The molecule has 4 rings (SSSR count). The molecule has 0 saturated carbocycles. The Bertz CT molecular complexity index is 996. The Morgan fingerprint density at radius 3 is 2.28 bits per heavy atom. The molecule has 0 spiro atoms. The summed E-state index contributed by atoms with van der Waals surface area (Å²) in [6.07, 6.45) is 1.08. The summed E-state index contributed by atoms with van der Waals surface area (Å²) in [5.41, 5.74) is 8.98. The van der Waals surface area contributed by atoms with Crippen LogP contribution in [0.25, 0.3) is 10.8 Å². The van der Waals surface area contributed by atoms with Gasteiger partial charge in [-0.1, -0.05) is 62.2 Å². The first-order chi connectivity index (χ1) is 11.8. The summed E-state index contributed by atoms with van der Waals surface area (Å²) in [4.78, 5) is 5.00. The lowest BCUT2D eigenvalue weighted by molar-refractivity contribution is 0.412. The highest BCUT2D eigenvalue weighted by Gasteiger charge is 2.22. The molecule has 0 atom stereocenters. The van der Waals surface area contributed by atoms with Gasteiger partial charge in [-0.15, -0.1) is 0 Å². The van der Waals surface area contributed by atoms with E-state index in [0.29, 0.717) is 0 Å². The first-order valence-electron chi connectivity index (χ1n) is 9.04. The van der Waals surface area contributed by atoms with E-state index >= 15 is 0 Å². The van der Waals surface area contributed by atoms with E-state index in [1.54, 1.807) is 0 Å². The molecule has 25 heavy (non-hydrogen) atoms. The van der Waals surface area contributed by atoms with Gasteiger partial charge in [0.25, 0.3) is 0 Å². The van der Waals surface area contributed by atoms with Gasteiger partial charge in [0.1, 0.15) is 0 Å². The topological polar surface area (TPSA) is 12.4 Å². The van der Waals surface area contributed by atoms with E-state index in [0.717, 1.165) is 17.8 Å². The zero-order valence-electron chi connectivity index (χ0n) is 15.8. The average Bonchev–Trinajstić information content (AvgIpc) is 2.88.